The van der Waals surface area contributed by atoms with Crippen molar-refractivity contribution in [1.29, 1.82) is 0 Å². The van der Waals surface area contributed by atoms with Crippen LogP contribution >= 0.6 is 11.6 Å². The molecule has 21 heavy (non-hydrogen) atoms. The van der Waals surface area contributed by atoms with Gasteiger partial charge in [-0.1, -0.05) is 23.7 Å². The monoisotopic (exact) mass is 308 g/mol. The molecule has 1 aromatic heterocycles. The van der Waals surface area contributed by atoms with Crippen LogP contribution < -0.4 is 0 Å². The molecule has 1 heterocycles. The summed E-state index contributed by atoms with van der Waals surface area (Å²) in [5.74, 6) is -2.73. The Kier molecular flexibility index (Phi) is 3.29. The smallest absolute Gasteiger partial charge is 0.169 e. The van der Waals surface area contributed by atoms with E-state index in [4.69, 9.17) is 11.6 Å². The van der Waals surface area contributed by atoms with Crippen LogP contribution in [0.2, 0.25) is 5.15 Å². The summed E-state index contributed by atoms with van der Waals surface area (Å²) in [6.45, 7) is 1.72. The van der Waals surface area contributed by atoms with Crippen molar-refractivity contribution in [1.82, 2.24) is 9.97 Å². The van der Waals surface area contributed by atoms with Crippen LogP contribution in [0.1, 0.15) is 5.56 Å². The average molecular weight is 309 g/mol. The van der Waals surface area contributed by atoms with Gasteiger partial charge in [-0.3, -0.25) is 0 Å². The summed E-state index contributed by atoms with van der Waals surface area (Å²) < 4.78 is 40.9. The molecule has 0 aliphatic rings. The minimum atomic E-state index is -1.07. The molecule has 6 heteroatoms. The summed E-state index contributed by atoms with van der Waals surface area (Å²) >= 11 is 5.97. The van der Waals surface area contributed by atoms with Gasteiger partial charge in [0.25, 0.3) is 0 Å². The molecule has 2 nitrogen and oxygen atoms in total. The zero-order valence-corrected chi connectivity index (χ0v) is 11.5. The van der Waals surface area contributed by atoms with Gasteiger partial charge < -0.3 is 0 Å². The van der Waals surface area contributed by atoms with E-state index in [1.54, 1.807) is 6.92 Å². The molecule has 0 spiro atoms. The van der Waals surface area contributed by atoms with Gasteiger partial charge in [0, 0.05) is 0 Å². The molecule has 3 aromatic rings. The third kappa shape index (κ3) is 2.23. The molecule has 0 fully saturated rings. The molecular formula is C15H8ClF3N2. The predicted molar refractivity (Wildman–Crippen MR) is 74.6 cm³/mol. The van der Waals surface area contributed by atoms with E-state index < -0.39 is 17.5 Å². The zero-order chi connectivity index (χ0) is 15.1. The third-order valence-corrected chi connectivity index (χ3v) is 3.42. The van der Waals surface area contributed by atoms with Crippen molar-refractivity contribution in [3.8, 4) is 11.4 Å². The van der Waals surface area contributed by atoms with Crippen molar-refractivity contribution in [3.05, 3.63) is 58.5 Å². The van der Waals surface area contributed by atoms with Gasteiger partial charge in [0.15, 0.2) is 17.5 Å². The Labute approximate surface area is 123 Å². The normalized spacial score (nSPS) is 11.1. The number of fused-ring (bicyclic) bond motifs is 1. The van der Waals surface area contributed by atoms with Crippen molar-refractivity contribution >= 4 is 22.5 Å². The lowest BCUT2D eigenvalue weighted by atomic mass is 10.1. The molecule has 0 atom stereocenters. The summed E-state index contributed by atoms with van der Waals surface area (Å²) in [6, 6.07) is 6.46. The molecule has 0 bridgehead atoms. The molecule has 2 aromatic carbocycles. The Morgan fingerprint density at radius 2 is 1.71 bits per heavy atom. The van der Waals surface area contributed by atoms with Crippen LogP contribution in [0.25, 0.3) is 22.3 Å². The average Bonchev–Trinajstić information content (AvgIpc) is 2.45. The second-order valence-corrected chi connectivity index (χ2v) is 4.89. The number of halogens is 4. The highest BCUT2D eigenvalue weighted by Crippen LogP contribution is 2.30. The molecule has 0 radical (unpaired) electrons. The van der Waals surface area contributed by atoms with Crippen LogP contribution in [-0.2, 0) is 0 Å². The molecule has 0 amide bonds. The number of benzene rings is 2. The maximum absolute atomic E-state index is 13.8. The van der Waals surface area contributed by atoms with Gasteiger partial charge in [-0.25, -0.2) is 23.1 Å². The van der Waals surface area contributed by atoms with Crippen LogP contribution in [0.15, 0.2) is 30.3 Å². The van der Waals surface area contributed by atoms with E-state index >= 15 is 0 Å². The van der Waals surface area contributed by atoms with E-state index in [1.807, 2.05) is 0 Å². The van der Waals surface area contributed by atoms with E-state index in [0.717, 1.165) is 6.07 Å². The van der Waals surface area contributed by atoms with Crippen LogP contribution in [0.4, 0.5) is 13.2 Å². The number of aryl methyl sites for hydroxylation is 1. The Morgan fingerprint density at radius 1 is 0.952 bits per heavy atom. The van der Waals surface area contributed by atoms with Crippen LogP contribution in [-0.4, -0.2) is 9.97 Å². The first-order valence-electron chi connectivity index (χ1n) is 6.06. The lowest BCUT2D eigenvalue weighted by Crippen LogP contribution is -1.98. The molecule has 0 N–H and O–H groups in total. The first-order chi connectivity index (χ1) is 9.99. The molecule has 0 saturated heterocycles. The van der Waals surface area contributed by atoms with E-state index in [9.17, 15) is 13.2 Å². The summed E-state index contributed by atoms with van der Waals surface area (Å²) in [4.78, 5) is 8.01. The SMILES string of the molecule is Cc1ccc(F)c2c(Cl)nc(-c3cccc(F)c3F)nc12. The van der Waals surface area contributed by atoms with Crippen LogP contribution in [0.5, 0.6) is 0 Å². The Balaban J connectivity index is 2.36. The van der Waals surface area contributed by atoms with Crippen molar-refractivity contribution in [3.63, 3.8) is 0 Å². The number of rotatable bonds is 1. The molecule has 0 aliphatic heterocycles. The Morgan fingerprint density at radius 3 is 2.48 bits per heavy atom. The second kappa shape index (κ2) is 5.00. The summed E-state index contributed by atoms with van der Waals surface area (Å²) in [7, 11) is 0. The molecule has 0 unspecified atom stereocenters. The van der Waals surface area contributed by atoms with Gasteiger partial charge in [0.1, 0.15) is 11.0 Å². The maximum Gasteiger partial charge on any atom is 0.169 e. The Hall–Kier alpha value is -2.14. The van der Waals surface area contributed by atoms with Gasteiger partial charge in [0.05, 0.1) is 16.5 Å². The van der Waals surface area contributed by atoms with Crippen molar-refractivity contribution < 1.29 is 13.2 Å². The largest absolute Gasteiger partial charge is 0.227 e. The number of hydrogen-bond donors (Lipinski definition) is 0. The fraction of sp³-hybridized carbons (Fsp3) is 0.0667. The van der Waals surface area contributed by atoms with Gasteiger partial charge >= 0.3 is 0 Å². The topological polar surface area (TPSA) is 25.8 Å². The van der Waals surface area contributed by atoms with Gasteiger partial charge in [0.2, 0.25) is 0 Å². The molecular weight excluding hydrogens is 301 g/mol. The van der Waals surface area contributed by atoms with Gasteiger partial charge in [-0.2, -0.15) is 0 Å². The number of hydrogen-bond acceptors (Lipinski definition) is 2. The highest BCUT2D eigenvalue weighted by molar-refractivity contribution is 6.34. The zero-order valence-electron chi connectivity index (χ0n) is 10.8. The van der Waals surface area contributed by atoms with Crippen molar-refractivity contribution in [2.75, 3.05) is 0 Å². The minimum absolute atomic E-state index is 0.0669. The van der Waals surface area contributed by atoms with Crippen molar-refractivity contribution in [2.45, 2.75) is 6.92 Å². The standard InChI is InChI=1S/C15H8ClF3N2/c1-7-5-6-9(17)11-13(7)20-15(21-14(11)16)8-3-2-4-10(18)12(8)19/h2-6H,1H3. The fourth-order valence-corrected chi connectivity index (χ4v) is 2.35. The summed E-state index contributed by atoms with van der Waals surface area (Å²) in [5, 5.41) is -0.0721. The summed E-state index contributed by atoms with van der Waals surface area (Å²) in [6.07, 6.45) is 0. The predicted octanol–water partition coefficient (Wildman–Crippen LogP) is 4.68. The van der Waals surface area contributed by atoms with E-state index in [0.29, 0.717) is 5.56 Å². The molecule has 3 rings (SSSR count). The first kappa shape index (κ1) is 13.8. The molecule has 106 valence electrons. The molecule has 0 aliphatic carbocycles. The van der Waals surface area contributed by atoms with Gasteiger partial charge in [-0.05, 0) is 30.7 Å². The minimum Gasteiger partial charge on any atom is -0.227 e. The maximum atomic E-state index is 13.8. The Bertz CT molecular complexity index is 865. The molecule has 0 saturated carbocycles. The third-order valence-electron chi connectivity index (χ3n) is 3.15. The quantitative estimate of drug-likeness (QED) is 0.610. The van der Waals surface area contributed by atoms with Crippen LogP contribution in [0, 0.1) is 24.4 Å². The highest BCUT2D eigenvalue weighted by Gasteiger charge is 2.17. The lowest BCUT2D eigenvalue weighted by molar-refractivity contribution is 0.510. The number of aromatic nitrogens is 2. The summed E-state index contributed by atoms with van der Waals surface area (Å²) in [5.41, 5.74) is 0.810. The number of nitrogens with zero attached hydrogens (tertiary/aromatic N) is 2. The highest BCUT2D eigenvalue weighted by atomic mass is 35.5. The fourth-order valence-electron chi connectivity index (χ4n) is 2.09. The first-order valence-corrected chi connectivity index (χ1v) is 6.43. The second-order valence-electron chi connectivity index (χ2n) is 4.53. The van der Waals surface area contributed by atoms with E-state index in [1.165, 1.54) is 24.3 Å². The van der Waals surface area contributed by atoms with Gasteiger partial charge in [-0.15, -0.1) is 0 Å². The van der Waals surface area contributed by atoms with E-state index in [-0.39, 0.29) is 27.4 Å². The lowest BCUT2D eigenvalue weighted by Gasteiger charge is -2.08. The van der Waals surface area contributed by atoms with Crippen LogP contribution in [0.3, 0.4) is 0 Å². The van der Waals surface area contributed by atoms with Crippen molar-refractivity contribution in [2.24, 2.45) is 0 Å². The van der Waals surface area contributed by atoms with E-state index in [2.05, 4.69) is 9.97 Å².